The Morgan fingerprint density at radius 1 is 0.556 bits per heavy atom. The van der Waals surface area contributed by atoms with Crippen molar-refractivity contribution in [3.8, 4) is 0 Å². The van der Waals surface area contributed by atoms with Crippen LogP contribution in [-0.4, -0.2) is 32.6 Å². The van der Waals surface area contributed by atoms with Gasteiger partial charge >= 0.3 is 0 Å². The minimum Gasteiger partial charge on any atom is -0.744 e. The summed E-state index contributed by atoms with van der Waals surface area (Å²) < 4.78 is 31.2. The van der Waals surface area contributed by atoms with Crippen molar-refractivity contribution < 1.29 is 17.9 Å². The molecule has 0 aliphatic rings. The summed E-state index contributed by atoms with van der Waals surface area (Å²) in [5.41, 5.74) is 0.928. The van der Waals surface area contributed by atoms with Crippen LogP contribution in [-0.2, 0) is 10.1 Å². The van der Waals surface area contributed by atoms with Crippen LogP contribution in [0.3, 0.4) is 0 Å². The molecule has 4 nitrogen and oxygen atoms in total. The van der Waals surface area contributed by atoms with Crippen molar-refractivity contribution in [3.63, 3.8) is 0 Å². The molecule has 0 fully saturated rings. The third-order valence-corrected chi connectivity index (χ3v) is 7.81. The van der Waals surface area contributed by atoms with Crippen LogP contribution in [0.4, 0.5) is 0 Å². The molecule has 0 aliphatic carbocycles. The first-order valence-electron chi connectivity index (χ1n) is 15.2. The number of benzene rings is 1. The Balaban J connectivity index is 0.000000918. The first-order chi connectivity index (χ1) is 17.3. The highest BCUT2D eigenvalue weighted by molar-refractivity contribution is 7.85. The van der Waals surface area contributed by atoms with Crippen LogP contribution in [0.2, 0.25) is 0 Å². The van der Waals surface area contributed by atoms with Crippen LogP contribution >= 0.6 is 0 Å². The molecule has 1 aromatic rings. The van der Waals surface area contributed by atoms with Crippen molar-refractivity contribution in [2.75, 3.05) is 19.6 Å². The van der Waals surface area contributed by atoms with Crippen LogP contribution in [0.15, 0.2) is 29.2 Å². The summed E-state index contributed by atoms with van der Waals surface area (Å²) in [5.74, 6) is 0. The van der Waals surface area contributed by atoms with E-state index in [1.165, 1.54) is 147 Å². The second-order valence-corrected chi connectivity index (χ2v) is 12.0. The molecular formula is C31H59NO3S. The number of aryl methyl sites for hydroxylation is 1. The average Bonchev–Trinajstić information content (AvgIpc) is 2.85. The van der Waals surface area contributed by atoms with Gasteiger partial charge in [-0.05, 0) is 57.6 Å². The molecule has 1 aromatic carbocycles. The van der Waals surface area contributed by atoms with Gasteiger partial charge in [-0.25, -0.2) is 8.42 Å². The van der Waals surface area contributed by atoms with E-state index in [0.29, 0.717) is 0 Å². The molecule has 36 heavy (non-hydrogen) atoms. The SMILES string of the molecule is CCCCCCCC[NH+](CCCCCCCC)CCCCCCCC.Cc1ccc(S(=O)(=O)[O-])cc1. The first-order valence-corrected chi connectivity index (χ1v) is 16.6. The Bertz CT molecular complexity index is 650. The molecule has 1 rings (SSSR count). The highest BCUT2D eigenvalue weighted by atomic mass is 32.2. The molecule has 0 heterocycles. The van der Waals surface area contributed by atoms with E-state index in [1.54, 1.807) is 12.1 Å². The molecule has 5 heteroatoms. The molecule has 0 aromatic heterocycles. The van der Waals surface area contributed by atoms with E-state index in [9.17, 15) is 13.0 Å². The zero-order valence-electron chi connectivity index (χ0n) is 24.3. The van der Waals surface area contributed by atoms with E-state index < -0.39 is 10.1 Å². The maximum atomic E-state index is 10.4. The van der Waals surface area contributed by atoms with Gasteiger partial charge in [-0.1, -0.05) is 116 Å². The van der Waals surface area contributed by atoms with E-state index in [4.69, 9.17) is 0 Å². The van der Waals surface area contributed by atoms with E-state index in [-0.39, 0.29) is 4.90 Å². The van der Waals surface area contributed by atoms with Crippen molar-refractivity contribution in [1.82, 2.24) is 0 Å². The van der Waals surface area contributed by atoms with Gasteiger partial charge in [0.2, 0.25) is 0 Å². The van der Waals surface area contributed by atoms with Crippen molar-refractivity contribution >= 4 is 10.1 Å². The van der Waals surface area contributed by atoms with Gasteiger partial charge in [-0.2, -0.15) is 0 Å². The van der Waals surface area contributed by atoms with Crippen molar-refractivity contribution in [3.05, 3.63) is 29.8 Å². The van der Waals surface area contributed by atoms with E-state index in [0.717, 1.165) is 5.56 Å². The Labute approximate surface area is 225 Å². The highest BCUT2D eigenvalue weighted by Gasteiger charge is 2.08. The van der Waals surface area contributed by atoms with Gasteiger partial charge in [-0.15, -0.1) is 0 Å². The van der Waals surface area contributed by atoms with Gasteiger partial charge in [0.1, 0.15) is 10.1 Å². The fraction of sp³-hybridized carbons (Fsp3) is 0.806. The summed E-state index contributed by atoms with van der Waals surface area (Å²) in [4.78, 5) is 1.74. The number of quaternary nitrogens is 1. The number of unbranched alkanes of at least 4 members (excludes halogenated alkanes) is 15. The van der Waals surface area contributed by atoms with Gasteiger partial charge in [0.05, 0.1) is 24.5 Å². The lowest BCUT2D eigenvalue weighted by atomic mass is 10.1. The Morgan fingerprint density at radius 2 is 0.861 bits per heavy atom. The third-order valence-electron chi connectivity index (χ3n) is 6.96. The van der Waals surface area contributed by atoms with E-state index in [2.05, 4.69) is 20.8 Å². The Kier molecular flexibility index (Phi) is 23.8. The maximum absolute atomic E-state index is 10.4. The standard InChI is InChI=1S/C24H51N.C7H8O3S/c1-4-7-10-13-16-19-22-25(23-20-17-14-11-8-5-2)24-21-18-15-12-9-6-3;1-6-2-4-7(5-3-6)11(8,9)10/h4-24H2,1-3H3;2-5H,1H3,(H,8,9,10). The quantitative estimate of drug-likeness (QED) is 0.124. The lowest BCUT2D eigenvalue weighted by molar-refractivity contribution is -0.900. The Hall–Kier alpha value is -0.910. The maximum Gasteiger partial charge on any atom is 0.124 e. The summed E-state index contributed by atoms with van der Waals surface area (Å²) in [6.07, 6.45) is 26.0. The van der Waals surface area contributed by atoms with E-state index >= 15 is 0 Å². The van der Waals surface area contributed by atoms with Crippen molar-refractivity contribution in [2.24, 2.45) is 0 Å². The minimum absolute atomic E-state index is 0.178. The summed E-state index contributed by atoms with van der Waals surface area (Å²) in [6.45, 7) is 13.1. The van der Waals surface area contributed by atoms with Crippen molar-refractivity contribution in [1.29, 1.82) is 0 Å². The monoisotopic (exact) mass is 525 g/mol. The first kappa shape index (κ1) is 35.1. The second-order valence-electron chi connectivity index (χ2n) is 10.6. The van der Waals surface area contributed by atoms with Gasteiger partial charge in [0.25, 0.3) is 0 Å². The molecule has 0 saturated carbocycles. The number of hydrogen-bond acceptors (Lipinski definition) is 3. The lowest BCUT2D eigenvalue weighted by Crippen LogP contribution is -3.12. The smallest absolute Gasteiger partial charge is 0.124 e. The molecular weight excluding hydrogens is 466 g/mol. The van der Waals surface area contributed by atoms with Gasteiger partial charge < -0.3 is 9.45 Å². The van der Waals surface area contributed by atoms with Crippen LogP contribution in [0.25, 0.3) is 0 Å². The molecule has 0 aliphatic heterocycles. The zero-order chi connectivity index (χ0) is 26.9. The normalized spacial score (nSPS) is 11.5. The van der Waals surface area contributed by atoms with Gasteiger partial charge in [0.15, 0.2) is 0 Å². The molecule has 212 valence electrons. The summed E-state index contributed by atoms with van der Waals surface area (Å²) in [6, 6.07) is 5.78. The van der Waals surface area contributed by atoms with Gasteiger partial charge in [-0.3, -0.25) is 0 Å². The zero-order valence-corrected chi connectivity index (χ0v) is 25.1. The summed E-state index contributed by atoms with van der Waals surface area (Å²) in [5, 5.41) is 0. The minimum atomic E-state index is -4.27. The Morgan fingerprint density at radius 3 is 1.17 bits per heavy atom. The predicted molar refractivity (Wildman–Crippen MR) is 155 cm³/mol. The molecule has 0 unspecified atom stereocenters. The van der Waals surface area contributed by atoms with Crippen molar-refractivity contribution in [2.45, 2.75) is 148 Å². The lowest BCUT2D eigenvalue weighted by Gasteiger charge is -2.20. The number of nitrogens with one attached hydrogen (secondary N) is 1. The molecule has 1 N–H and O–H groups in total. The topological polar surface area (TPSA) is 61.6 Å². The van der Waals surface area contributed by atoms with Gasteiger partial charge in [0, 0.05) is 0 Å². The van der Waals surface area contributed by atoms with Crippen LogP contribution in [0.1, 0.15) is 142 Å². The molecule has 0 radical (unpaired) electrons. The fourth-order valence-electron chi connectivity index (χ4n) is 4.55. The third kappa shape index (κ3) is 22.3. The van der Waals surface area contributed by atoms with Crippen LogP contribution < -0.4 is 4.90 Å². The summed E-state index contributed by atoms with van der Waals surface area (Å²) >= 11 is 0. The van der Waals surface area contributed by atoms with Crippen LogP contribution in [0.5, 0.6) is 0 Å². The summed E-state index contributed by atoms with van der Waals surface area (Å²) in [7, 11) is -4.27. The average molecular weight is 526 g/mol. The van der Waals surface area contributed by atoms with Crippen LogP contribution in [0, 0.1) is 6.92 Å². The molecule has 0 bridgehead atoms. The molecule has 0 atom stereocenters. The second kappa shape index (κ2) is 24.4. The molecule has 0 amide bonds. The van der Waals surface area contributed by atoms with E-state index in [1.807, 2.05) is 11.8 Å². The number of rotatable bonds is 22. The predicted octanol–water partition coefficient (Wildman–Crippen LogP) is 7.85. The fourth-order valence-corrected chi connectivity index (χ4v) is 5.02. The molecule has 0 saturated heterocycles. The molecule has 0 spiro atoms. The largest absolute Gasteiger partial charge is 0.744 e. The number of hydrogen-bond donors (Lipinski definition) is 1. The highest BCUT2D eigenvalue weighted by Crippen LogP contribution is 2.09.